The Labute approximate surface area is 256 Å². The van der Waals surface area contributed by atoms with Crippen LogP contribution in [0.1, 0.15) is 18.1 Å². The summed E-state index contributed by atoms with van der Waals surface area (Å²) in [6, 6.07) is 15.2. The van der Waals surface area contributed by atoms with Crippen molar-refractivity contribution in [2.75, 3.05) is 31.7 Å². The van der Waals surface area contributed by atoms with Gasteiger partial charge >= 0.3 is 0 Å². The molecule has 4 rings (SSSR count). The molecule has 3 aromatic rings. The minimum absolute atomic E-state index is 0.0826. The Bertz CT molecular complexity index is 1500. The third-order valence-corrected chi connectivity index (χ3v) is 7.55. The molecule has 12 heteroatoms. The average Bonchev–Trinajstić information content (AvgIpc) is 3.19. The van der Waals surface area contributed by atoms with Crippen LogP contribution in [0.5, 0.6) is 17.2 Å². The van der Waals surface area contributed by atoms with Gasteiger partial charge in [-0.3, -0.25) is 19.3 Å². The lowest BCUT2D eigenvalue weighted by Gasteiger charge is -2.15. The molecule has 3 amide bonds. The van der Waals surface area contributed by atoms with Gasteiger partial charge < -0.3 is 19.5 Å². The quantitative estimate of drug-likeness (QED) is 0.218. The molecule has 1 saturated heterocycles. The van der Waals surface area contributed by atoms with Gasteiger partial charge in [0.2, 0.25) is 0 Å². The lowest BCUT2D eigenvalue weighted by molar-refractivity contribution is -0.123. The first-order valence-corrected chi connectivity index (χ1v) is 14.4. The number of ether oxygens (including phenoxy) is 3. The van der Waals surface area contributed by atoms with Crippen LogP contribution in [-0.2, 0) is 9.59 Å². The largest absolute Gasteiger partial charge is 0.492 e. The smallest absolute Gasteiger partial charge is 0.293 e. The summed E-state index contributed by atoms with van der Waals surface area (Å²) in [6.07, 6.45) is 1.55. The van der Waals surface area contributed by atoms with Crippen LogP contribution in [0.4, 0.5) is 10.5 Å². The molecular weight excluding hydrogens is 611 g/mol. The molecule has 1 fully saturated rings. The van der Waals surface area contributed by atoms with Crippen LogP contribution in [0.2, 0.25) is 15.1 Å². The topological polar surface area (TPSA) is 94.2 Å². The molecular formula is C29H25Cl3N2O6S. The van der Waals surface area contributed by atoms with E-state index in [1.54, 1.807) is 67.6 Å². The second-order valence-corrected chi connectivity index (χ2v) is 10.9. The molecule has 3 aromatic carbocycles. The van der Waals surface area contributed by atoms with Gasteiger partial charge in [-0.15, -0.1) is 0 Å². The van der Waals surface area contributed by atoms with Gasteiger partial charge in [-0.1, -0.05) is 40.9 Å². The van der Waals surface area contributed by atoms with Crippen LogP contribution in [0.15, 0.2) is 59.5 Å². The highest BCUT2D eigenvalue weighted by atomic mass is 35.5. The fourth-order valence-corrected chi connectivity index (χ4v) is 5.15. The molecule has 0 saturated carbocycles. The van der Waals surface area contributed by atoms with Crippen LogP contribution in [0.25, 0.3) is 6.08 Å². The van der Waals surface area contributed by atoms with E-state index in [0.717, 1.165) is 22.2 Å². The summed E-state index contributed by atoms with van der Waals surface area (Å²) in [6.45, 7) is 3.83. The number of thioether (sulfide) groups is 1. The Morgan fingerprint density at radius 2 is 1.73 bits per heavy atom. The van der Waals surface area contributed by atoms with Gasteiger partial charge in [0, 0.05) is 15.7 Å². The highest BCUT2D eigenvalue weighted by Crippen LogP contribution is 2.39. The summed E-state index contributed by atoms with van der Waals surface area (Å²) < 4.78 is 17.0. The Balaban J connectivity index is 1.41. The van der Waals surface area contributed by atoms with E-state index in [-0.39, 0.29) is 41.2 Å². The van der Waals surface area contributed by atoms with Crippen molar-refractivity contribution in [3.05, 3.63) is 85.7 Å². The van der Waals surface area contributed by atoms with E-state index in [2.05, 4.69) is 5.32 Å². The highest BCUT2D eigenvalue weighted by molar-refractivity contribution is 8.18. The van der Waals surface area contributed by atoms with E-state index in [0.29, 0.717) is 33.7 Å². The van der Waals surface area contributed by atoms with E-state index in [1.165, 1.54) is 0 Å². The standard InChI is InChI=1S/C29H25Cl3N2O6S/c1-3-38-24-13-18(12-23(32)27(24)40-16-26(35)33-20-7-4-17(2)22(31)15-20)14-25-28(36)34(29(37)41-25)10-11-39-21-8-5-19(30)6-9-21/h4-9,12-15H,3,10-11,16H2,1-2H3,(H,33,35)/b25-14-. The number of aryl methyl sites for hydroxylation is 1. The minimum atomic E-state index is -0.443. The molecule has 1 aliphatic heterocycles. The lowest BCUT2D eigenvalue weighted by atomic mass is 10.1. The fraction of sp³-hybridized carbons (Fsp3) is 0.207. The minimum Gasteiger partial charge on any atom is -0.492 e. The molecule has 0 aliphatic carbocycles. The average molecular weight is 636 g/mol. The number of carbonyl (C=O) groups is 3. The van der Waals surface area contributed by atoms with Crippen LogP contribution in [-0.4, -0.2) is 48.3 Å². The van der Waals surface area contributed by atoms with Crippen molar-refractivity contribution in [1.82, 2.24) is 4.90 Å². The van der Waals surface area contributed by atoms with Crippen LogP contribution >= 0.6 is 46.6 Å². The van der Waals surface area contributed by atoms with Gasteiger partial charge in [-0.25, -0.2) is 0 Å². The Morgan fingerprint density at radius 3 is 2.44 bits per heavy atom. The van der Waals surface area contributed by atoms with Crippen LogP contribution in [0, 0.1) is 6.92 Å². The summed E-state index contributed by atoms with van der Waals surface area (Å²) in [4.78, 5) is 39.3. The Hall–Kier alpha value is -3.37. The van der Waals surface area contributed by atoms with E-state index in [4.69, 9.17) is 49.0 Å². The second kappa shape index (κ2) is 14.0. The number of hydrogen-bond donors (Lipinski definition) is 1. The number of imide groups is 1. The van der Waals surface area contributed by atoms with Crippen molar-refractivity contribution in [1.29, 1.82) is 0 Å². The van der Waals surface area contributed by atoms with Crippen molar-refractivity contribution < 1.29 is 28.6 Å². The molecule has 1 aliphatic rings. The molecule has 214 valence electrons. The first kappa shape index (κ1) is 30.6. The number of hydrogen-bond acceptors (Lipinski definition) is 7. The predicted molar refractivity (Wildman–Crippen MR) is 163 cm³/mol. The van der Waals surface area contributed by atoms with Gasteiger partial charge in [-0.05, 0) is 91.3 Å². The molecule has 0 bridgehead atoms. The highest BCUT2D eigenvalue weighted by Gasteiger charge is 2.35. The zero-order valence-electron chi connectivity index (χ0n) is 22.0. The molecule has 0 aromatic heterocycles. The molecule has 1 heterocycles. The lowest BCUT2D eigenvalue weighted by Crippen LogP contribution is -2.32. The van der Waals surface area contributed by atoms with Crippen LogP contribution < -0.4 is 19.5 Å². The molecule has 0 atom stereocenters. The predicted octanol–water partition coefficient (Wildman–Crippen LogP) is 7.49. The number of carbonyl (C=O) groups excluding carboxylic acids is 3. The number of amides is 3. The summed E-state index contributed by atoms with van der Waals surface area (Å²) in [5.74, 6) is 0.181. The first-order valence-electron chi connectivity index (χ1n) is 12.4. The van der Waals surface area contributed by atoms with Crippen molar-refractivity contribution >= 4 is 75.4 Å². The maximum atomic E-state index is 12.9. The van der Waals surface area contributed by atoms with Crippen molar-refractivity contribution in [2.24, 2.45) is 0 Å². The number of nitrogens with one attached hydrogen (secondary N) is 1. The van der Waals surface area contributed by atoms with Gasteiger partial charge in [-0.2, -0.15) is 0 Å². The van der Waals surface area contributed by atoms with Crippen LogP contribution in [0.3, 0.4) is 0 Å². The van der Waals surface area contributed by atoms with Gasteiger partial charge in [0.1, 0.15) is 12.4 Å². The Morgan fingerprint density at radius 1 is 0.976 bits per heavy atom. The van der Waals surface area contributed by atoms with Gasteiger partial charge in [0.25, 0.3) is 17.1 Å². The van der Waals surface area contributed by atoms with E-state index in [9.17, 15) is 14.4 Å². The fourth-order valence-electron chi connectivity index (χ4n) is 3.71. The van der Waals surface area contributed by atoms with Crippen molar-refractivity contribution in [2.45, 2.75) is 13.8 Å². The third-order valence-electron chi connectivity index (χ3n) is 5.70. The number of anilines is 1. The number of benzene rings is 3. The maximum absolute atomic E-state index is 12.9. The summed E-state index contributed by atoms with van der Waals surface area (Å²) in [7, 11) is 0. The maximum Gasteiger partial charge on any atom is 0.293 e. The molecule has 41 heavy (non-hydrogen) atoms. The molecule has 0 unspecified atom stereocenters. The third kappa shape index (κ3) is 8.10. The zero-order chi connectivity index (χ0) is 29.5. The van der Waals surface area contributed by atoms with Gasteiger partial charge in [0.05, 0.1) is 23.1 Å². The van der Waals surface area contributed by atoms with Crippen molar-refractivity contribution in [3.8, 4) is 17.2 Å². The monoisotopic (exact) mass is 634 g/mol. The zero-order valence-corrected chi connectivity index (χ0v) is 25.1. The number of rotatable bonds is 11. The molecule has 0 spiro atoms. The van der Waals surface area contributed by atoms with E-state index < -0.39 is 17.1 Å². The summed E-state index contributed by atoms with van der Waals surface area (Å²) >= 11 is 19.3. The van der Waals surface area contributed by atoms with Crippen molar-refractivity contribution in [3.63, 3.8) is 0 Å². The molecule has 1 N–H and O–H groups in total. The van der Waals surface area contributed by atoms with Gasteiger partial charge in [0.15, 0.2) is 18.1 Å². The summed E-state index contributed by atoms with van der Waals surface area (Å²) in [5, 5.41) is 3.59. The summed E-state index contributed by atoms with van der Waals surface area (Å²) in [5.41, 5.74) is 1.95. The SMILES string of the molecule is CCOc1cc(/C=C2\SC(=O)N(CCOc3ccc(Cl)cc3)C2=O)cc(Cl)c1OCC(=O)Nc1ccc(C)c(Cl)c1. The first-order chi connectivity index (χ1) is 19.6. The molecule has 8 nitrogen and oxygen atoms in total. The van der Waals surface area contributed by atoms with E-state index in [1.807, 2.05) is 6.92 Å². The molecule has 0 radical (unpaired) electrons. The van der Waals surface area contributed by atoms with E-state index >= 15 is 0 Å². The normalized spacial score (nSPS) is 14.0. The Kier molecular flexibility index (Phi) is 10.4. The number of nitrogens with zero attached hydrogens (tertiary/aromatic N) is 1. The number of halogens is 3. The second-order valence-electron chi connectivity index (χ2n) is 8.70.